The van der Waals surface area contributed by atoms with E-state index in [9.17, 15) is 50.4 Å². The fourth-order valence-corrected chi connectivity index (χ4v) is 13.6. The second-order valence-electron chi connectivity index (χ2n) is 26.7. The minimum atomic E-state index is -2.22. The monoisotopic (exact) mass is 1450 g/mol. The zero-order valence-corrected chi connectivity index (χ0v) is 57.9. The predicted octanol–water partition coefficient (Wildman–Crippen LogP) is 8.68. The molecular formula is C74H80Cl2N9O18+. The van der Waals surface area contributed by atoms with Crippen molar-refractivity contribution in [1.29, 1.82) is 0 Å². The number of unbranched alkanes of at least 4 members (excludes halogenated alkanes) is 7. The van der Waals surface area contributed by atoms with Crippen LogP contribution in [0.4, 0.5) is 0 Å². The van der Waals surface area contributed by atoms with Crippen molar-refractivity contribution in [2.75, 3.05) is 33.7 Å². The van der Waals surface area contributed by atoms with Crippen molar-refractivity contribution < 1.29 is 93.1 Å². The number of aliphatic hydroxyl groups excluding tert-OH is 1. The number of ether oxygens (including phenoxy) is 3. The van der Waals surface area contributed by atoms with Crippen LogP contribution in [-0.4, -0.2) is 133 Å². The minimum Gasteiger partial charge on any atom is -0.508 e. The van der Waals surface area contributed by atoms with E-state index >= 15 is 24.0 Å². The molecule has 6 amide bonds. The molecule has 7 aromatic rings. The van der Waals surface area contributed by atoms with Gasteiger partial charge in [-0.2, -0.15) is 0 Å². The van der Waals surface area contributed by atoms with E-state index < -0.39 is 152 Å². The molecule has 0 spiro atoms. The number of phenols is 6. The summed E-state index contributed by atoms with van der Waals surface area (Å²) in [5.41, 5.74) is 4.38. The molecule has 542 valence electrons. The number of fused-ring (bicyclic) bond motifs is 14. The van der Waals surface area contributed by atoms with E-state index in [2.05, 4.69) is 58.2 Å². The third kappa shape index (κ3) is 16.7. The standard InChI is InChI=1S/C74H79Cl2N9O18/c1-4-5-6-7-8-9-10-11-22-85(2,3)23-12-21-78-35-46-52(89)34-45-58(66(46)91)44-28-38(15-17-50(44)87)60-70(95)84-64(73(98)83-63(45)74(99)100)65(90)39-16-20-54(48(76)29-39)103-57-32-41-31-56(67(57)92)102-53-19-13-36(24-47(53)75)25-49-68(93)80-61(71(96)82-62(41)72(97)81-60)40-26-42(86)33-43(27-40)101-55-30-37(14-18-51(55)88)59(77)69(94)79-49/h13-20,24,26-34,49,59-65,78,90H,4-12,21-23,25,35,77H2,1-3H3,(H12-,79,80,81,82,83,84,86,87,88,89,91,92,93,94,95,96,97,98,99,100)/p+1/t49-,59-,60-,61?,62-,63+,64+,65-/m1/s1. The Balaban J connectivity index is 1.04. The number of nitrogens with zero attached hydrogens (tertiary/aromatic N) is 1. The van der Waals surface area contributed by atoms with Crippen LogP contribution in [0.3, 0.4) is 0 Å². The van der Waals surface area contributed by atoms with Crippen molar-refractivity contribution in [1.82, 2.24) is 37.2 Å². The van der Waals surface area contributed by atoms with Gasteiger partial charge < -0.3 is 102 Å². The SMILES string of the molecule is CCCCCCCCCC[N+](C)(C)CCCNCc1c(O)cc2c(c1O)-c1cc(ccc1O)[C@H]1NC(=O)[C@@H]3NC(=O)C4NC(=O)[C@@H](Cc5ccc(c(Cl)c5)Oc5cc3cc(c5O)Oc3ccc(cc3Cl)[C@@H](O)[C@H](NC1=O)C(=O)N[C@@H]2C(=O)O)NC(=O)[C@H](N)c1ccc(O)c(c1)Oc1cc(O)cc4c1. The summed E-state index contributed by atoms with van der Waals surface area (Å²) < 4.78 is 19.3. The van der Waals surface area contributed by atoms with Crippen LogP contribution in [0.25, 0.3) is 11.1 Å². The molecule has 27 nitrogen and oxygen atoms in total. The Morgan fingerprint density at radius 3 is 1.80 bits per heavy atom. The molecule has 1 unspecified atom stereocenters. The van der Waals surface area contributed by atoms with Crippen LogP contribution in [0.2, 0.25) is 10.0 Å². The molecule has 13 rings (SSSR count). The number of amides is 6. The smallest absolute Gasteiger partial charge is 0.330 e. The summed E-state index contributed by atoms with van der Waals surface area (Å²) in [6.07, 6.45) is 7.67. The fourth-order valence-electron chi connectivity index (χ4n) is 13.1. The number of phenolic OH excluding ortho intramolecular Hbond substituents is 6. The van der Waals surface area contributed by atoms with Crippen LogP contribution in [0.1, 0.15) is 146 Å². The van der Waals surface area contributed by atoms with Gasteiger partial charge >= 0.3 is 5.97 Å². The zero-order valence-electron chi connectivity index (χ0n) is 56.4. The van der Waals surface area contributed by atoms with Crippen LogP contribution < -0.4 is 57.2 Å². The first-order chi connectivity index (χ1) is 49.1. The predicted molar refractivity (Wildman–Crippen MR) is 376 cm³/mol. The fraction of sp³-hybridized carbons (Fsp3) is 0.338. The molecule has 29 heteroatoms. The van der Waals surface area contributed by atoms with E-state index in [1.165, 1.54) is 93.1 Å². The summed E-state index contributed by atoms with van der Waals surface area (Å²) in [6, 6.07) is 7.66. The number of nitrogens with two attached hydrogens (primary N) is 1. The lowest BCUT2D eigenvalue weighted by Crippen LogP contribution is -2.55. The van der Waals surface area contributed by atoms with Crippen molar-refractivity contribution in [3.05, 3.63) is 164 Å². The van der Waals surface area contributed by atoms with E-state index in [4.69, 9.17) is 43.1 Å². The minimum absolute atomic E-state index is 0.120. The number of carbonyl (C=O) groups is 7. The van der Waals surface area contributed by atoms with E-state index in [1.807, 2.05) is 0 Å². The molecule has 103 heavy (non-hydrogen) atoms. The van der Waals surface area contributed by atoms with Gasteiger partial charge in [-0.25, -0.2) is 4.79 Å². The number of aliphatic carboxylic acids is 1. The van der Waals surface area contributed by atoms with Gasteiger partial charge in [0.25, 0.3) is 0 Å². The summed E-state index contributed by atoms with van der Waals surface area (Å²) in [5, 5.41) is 112. The van der Waals surface area contributed by atoms with Crippen molar-refractivity contribution in [2.45, 2.75) is 126 Å². The van der Waals surface area contributed by atoms with Crippen molar-refractivity contribution in [3.8, 4) is 80.1 Å². The number of carbonyl (C=O) groups excluding carboxylic acids is 6. The van der Waals surface area contributed by atoms with Gasteiger partial charge in [0.15, 0.2) is 29.0 Å². The number of rotatable bonds is 16. The number of hydrogen-bond donors (Lipinski definition) is 16. The molecule has 0 aliphatic carbocycles. The normalized spacial score (nSPS) is 20.5. The molecule has 6 heterocycles. The Morgan fingerprint density at radius 1 is 0.544 bits per heavy atom. The average Bonchev–Trinajstić information content (AvgIpc) is 0.756. The van der Waals surface area contributed by atoms with Gasteiger partial charge in [-0.3, -0.25) is 28.8 Å². The van der Waals surface area contributed by atoms with Gasteiger partial charge in [-0.1, -0.05) is 92.9 Å². The molecule has 17 N–H and O–H groups in total. The molecule has 6 aliphatic heterocycles. The summed E-state index contributed by atoms with van der Waals surface area (Å²) >= 11 is 13.8. The molecule has 0 aromatic heterocycles. The first kappa shape index (κ1) is 73.7. The van der Waals surface area contributed by atoms with Crippen LogP contribution in [0.5, 0.6) is 69.0 Å². The second-order valence-corrected chi connectivity index (χ2v) is 27.6. The topological polar surface area (TPSA) is 419 Å². The molecule has 17 bridgehead atoms. The number of aliphatic hydroxyl groups is 1. The highest BCUT2D eigenvalue weighted by Gasteiger charge is 2.42. The van der Waals surface area contributed by atoms with Gasteiger partial charge in [0.1, 0.15) is 82.6 Å². The number of carboxylic acid groups (broad SMARTS) is 1. The Bertz CT molecular complexity index is 4480. The molecule has 0 fully saturated rings. The maximum absolute atomic E-state index is 16.0. The Labute approximate surface area is 601 Å². The van der Waals surface area contributed by atoms with E-state index in [1.54, 1.807) is 0 Å². The van der Waals surface area contributed by atoms with E-state index in [0.29, 0.717) is 18.5 Å². The maximum Gasteiger partial charge on any atom is 0.330 e. The van der Waals surface area contributed by atoms with Gasteiger partial charge in [-0.15, -0.1) is 0 Å². The Hall–Kier alpha value is -10.6. The average molecular weight is 1450 g/mol. The third-order valence-corrected chi connectivity index (χ3v) is 19.4. The highest BCUT2D eigenvalue weighted by molar-refractivity contribution is 6.32. The molecule has 0 saturated carbocycles. The van der Waals surface area contributed by atoms with Gasteiger partial charge in [0, 0.05) is 48.7 Å². The quantitative estimate of drug-likeness (QED) is 0.0317. The van der Waals surface area contributed by atoms with Crippen molar-refractivity contribution >= 4 is 64.6 Å². The zero-order chi connectivity index (χ0) is 73.7. The highest BCUT2D eigenvalue weighted by atomic mass is 35.5. The lowest BCUT2D eigenvalue weighted by molar-refractivity contribution is -0.890. The molecule has 0 saturated heterocycles. The van der Waals surface area contributed by atoms with Crippen LogP contribution in [0.15, 0.2) is 109 Å². The third-order valence-electron chi connectivity index (χ3n) is 18.8. The van der Waals surface area contributed by atoms with Gasteiger partial charge in [-0.05, 0) is 125 Å². The van der Waals surface area contributed by atoms with Gasteiger partial charge in [0.05, 0.1) is 42.8 Å². The molecule has 8 atom stereocenters. The number of nitrogens with one attached hydrogen (secondary N) is 7. The van der Waals surface area contributed by atoms with E-state index in [0.717, 1.165) is 85.0 Å². The Kier molecular flexibility index (Phi) is 22.4. The van der Waals surface area contributed by atoms with Crippen molar-refractivity contribution in [2.24, 2.45) is 5.73 Å². The summed E-state index contributed by atoms with van der Waals surface area (Å²) in [4.78, 5) is 105. The number of benzene rings is 7. The maximum atomic E-state index is 16.0. The van der Waals surface area contributed by atoms with Crippen LogP contribution in [-0.2, 0) is 46.5 Å². The first-order valence-electron chi connectivity index (χ1n) is 33.7. The largest absolute Gasteiger partial charge is 0.508 e. The summed E-state index contributed by atoms with van der Waals surface area (Å²) in [5.74, 6) is -14.7. The number of carboxylic acids is 1. The van der Waals surface area contributed by atoms with Crippen LogP contribution >= 0.6 is 23.2 Å². The van der Waals surface area contributed by atoms with Gasteiger partial charge in [0.2, 0.25) is 41.2 Å². The highest BCUT2D eigenvalue weighted by Crippen LogP contribution is 2.49. The lowest BCUT2D eigenvalue weighted by Gasteiger charge is -2.31. The number of aromatic hydroxyl groups is 6. The lowest BCUT2D eigenvalue weighted by atomic mass is 9.88. The molecule has 6 aliphatic rings. The van der Waals surface area contributed by atoms with Crippen molar-refractivity contribution in [3.63, 3.8) is 0 Å². The first-order valence-corrected chi connectivity index (χ1v) is 34.5. The number of quaternary nitrogens is 1. The molecule has 7 aromatic carbocycles. The summed E-state index contributed by atoms with van der Waals surface area (Å²) in [6.45, 7) is 4.11. The van der Waals surface area contributed by atoms with Crippen LogP contribution in [0, 0.1) is 0 Å². The summed E-state index contributed by atoms with van der Waals surface area (Å²) in [7, 11) is 4.29. The molecule has 0 radical (unpaired) electrons. The molecular weight excluding hydrogens is 1370 g/mol. The number of halogens is 2. The van der Waals surface area contributed by atoms with E-state index in [-0.39, 0.29) is 79.4 Å². The second kappa shape index (κ2) is 31.4. The Morgan fingerprint density at radius 2 is 1.13 bits per heavy atom. The number of hydrogen-bond acceptors (Lipinski definition) is 19.